The first-order valence-corrected chi connectivity index (χ1v) is 8.75. The molecule has 0 amide bonds. The van der Waals surface area contributed by atoms with Crippen molar-refractivity contribution in [3.8, 4) is 0 Å². The number of nitrogens with one attached hydrogen (secondary N) is 1. The van der Waals surface area contributed by atoms with E-state index in [4.69, 9.17) is 11.6 Å². The molecule has 0 aromatic heterocycles. The van der Waals surface area contributed by atoms with Crippen molar-refractivity contribution >= 4 is 19.4 Å². The average Bonchev–Trinajstić information content (AvgIpc) is 2.68. The molecule has 2 heterocycles. The van der Waals surface area contributed by atoms with E-state index in [0.29, 0.717) is 17.2 Å². The fraction of sp³-hybridized carbons (Fsp3) is 0.538. The summed E-state index contributed by atoms with van der Waals surface area (Å²) in [6.45, 7) is 1.84. The van der Waals surface area contributed by atoms with Gasteiger partial charge in [-0.3, -0.25) is 0 Å². The van der Waals surface area contributed by atoms with E-state index in [9.17, 15) is 4.89 Å². The van der Waals surface area contributed by atoms with Crippen molar-refractivity contribution in [2.24, 2.45) is 0 Å². The molecule has 1 aromatic rings. The van der Waals surface area contributed by atoms with E-state index < -0.39 is 7.79 Å². The SMILES string of the molecule is [O-][P+]1(Cc2cccc(Cl)c2)NCC2CCCCN21. The smallest absolute Gasteiger partial charge is 0.111 e. The maximum absolute atomic E-state index is 13.0. The number of nitrogens with zero attached hydrogens (tertiary/aromatic N) is 1. The van der Waals surface area contributed by atoms with Crippen LogP contribution in [-0.2, 0) is 6.16 Å². The zero-order valence-electron chi connectivity index (χ0n) is 10.3. The third-order valence-electron chi connectivity index (χ3n) is 3.87. The van der Waals surface area contributed by atoms with E-state index in [2.05, 4.69) is 9.76 Å². The minimum Gasteiger partial charge on any atom is -0.651 e. The van der Waals surface area contributed by atoms with Crippen molar-refractivity contribution in [2.75, 3.05) is 13.1 Å². The van der Waals surface area contributed by atoms with Gasteiger partial charge >= 0.3 is 0 Å². The van der Waals surface area contributed by atoms with E-state index in [1.54, 1.807) is 0 Å². The van der Waals surface area contributed by atoms with Gasteiger partial charge in [0.15, 0.2) is 0 Å². The monoisotopic (exact) mass is 284 g/mol. The number of hydrogen-bond acceptors (Lipinski definition) is 3. The van der Waals surface area contributed by atoms with Crippen LogP contribution >= 0.6 is 19.4 Å². The van der Waals surface area contributed by atoms with E-state index in [-0.39, 0.29) is 0 Å². The minimum atomic E-state index is -2.42. The van der Waals surface area contributed by atoms with Gasteiger partial charge in [-0.2, -0.15) is 9.76 Å². The van der Waals surface area contributed by atoms with Crippen LogP contribution in [0, 0.1) is 0 Å². The van der Waals surface area contributed by atoms with Gasteiger partial charge in [-0.15, -0.1) is 0 Å². The standard InChI is InChI=1S/C13H18ClN2OP/c14-12-5-3-4-11(8-12)10-18(17)15-9-13-6-1-2-7-16(13)18/h3-5,8,13H,1-2,6-7,9-10H2,(H,15,17). The van der Waals surface area contributed by atoms with Crippen LogP contribution in [0.15, 0.2) is 24.3 Å². The van der Waals surface area contributed by atoms with Crippen LogP contribution in [0.2, 0.25) is 5.02 Å². The van der Waals surface area contributed by atoms with Crippen LogP contribution in [0.5, 0.6) is 0 Å². The summed E-state index contributed by atoms with van der Waals surface area (Å²) in [5.74, 6) is 0. The Hall–Kier alpha value is -0.180. The van der Waals surface area contributed by atoms with Gasteiger partial charge in [-0.25, -0.2) is 0 Å². The van der Waals surface area contributed by atoms with Crippen molar-refractivity contribution in [3.05, 3.63) is 34.9 Å². The normalized spacial score (nSPS) is 32.4. The summed E-state index contributed by atoms with van der Waals surface area (Å²) < 4.78 is 2.22. The number of benzene rings is 1. The van der Waals surface area contributed by atoms with Crippen LogP contribution in [-0.4, -0.2) is 23.8 Å². The molecule has 0 radical (unpaired) electrons. The molecule has 0 spiro atoms. The summed E-state index contributed by atoms with van der Waals surface area (Å²) >= 11 is 5.99. The predicted octanol–water partition coefficient (Wildman–Crippen LogP) is 2.42. The Labute approximate surface area is 114 Å². The Morgan fingerprint density at radius 2 is 2.33 bits per heavy atom. The molecule has 2 atom stereocenters. The maximum Gasteiger partial charge on any atom is 0.111 e. The lowest BCUT2D eigenvalue weighted by molar-refractivity contribution is -0.184. The summed E-state index contributed by atoms with van der Waals surface area (Å²) in [4.78, 5) is 13.0. The minimum absolute atomic E-state index is 0.476. The molecule has 2 aliphatic rings. The van der Waals surface area contributed by atoms with E-state index in [0.717, 1.165) is 25.1 Å². The molecule has 1 aromatic carbocycles. The first-order valence-electron chi connectivity index (χ1n) is 6.53. The number of piperidine rings is 1. The first-order chi connectivity index (χ1) is 8.67. The molecular formula is C13H18ClN2OP. The Morgan fingerprint density at radius 3 is 3.17 bits per heavy atom. The van der Waals surface area contributed by atoms with Gasteiger partial charge in [0.2, 0.25) is 0 Å². The maximum atomic E-state index is 13.0. The van der Waals surface area contributed by atoms with Gasteiger partial charge in [-0.1, -0.05) is 30.2 Å². The van der Waals surface area contributed by atoms with Gasteiger partial charge in [-0.05, 0) is 30.5 Å². The highest BCUT2D eigenvalue weighted by molar-refractivity contribution is 7.64. The summed E-state index contributed by atoms with van der Waals surface area (Å²) in [7, 11) is -2.42. The van der Waals surface area contributed by atoms with E-state index in [1.165, 1.54) is 12.8 Å². The third-order valence-corrected chi connectivity index (χ3v) is 6.93. The lowest BCUT2D eigenvalue weighted by Crippen LogP contribution is -2.38. The van der Waals surface area contributed by atoms with Crippen LogP contribution in [0.4, 0.5) is 0 Å². The molecule has 2 fully saturated rings. The number of hydrogen-bond donors (Lipinski definition) is 1. The van der Waals surface area contributed by atoms with Crippen LogP contribution < -0.4 is 9.98 Å². The molecule has 18 heavy (non-hydrogen) atoms. The lowest BCUT2D eigenvalue weighted by Gasteiger charge is -2.38. The van der Waals surface area contributed by atoms with Gasteiger partial charge in [0.05, 0.1) is 12.6 Å². The van der Waals surface area contributed by atoms with Crippen molar-refractivity contribution in [2.45, 2.75) is 31.5 Å². The highest BCUT2D eigenvalue weighted by Crippen LogP contribution is 2.58. The Balaban J connectivity index is 1.78. The highest BCUT2D eigenvalue weighted by Gasteiger charge is 2.46. The molecule has 2 saturated heterocycles. The summed E-state index contributed by atoms with van der Waals surface area (Å²) in [5, 5.41) is 4.00. The summed E-state index contributed by atoms with van der Waals surface area (Å²) in [6, 6.07) is 8.18. The molecule has 3 nitrogen and oxygen atoms in total. The quantitative estimate of drug-likeness (QED) is 0.848. The fourth-order valence-electron chi connectivity index (χ4n) is 2.99. The molecule has 0 saturated carbocycles. The molecule has 98 valence electrons. The second-order valence-corrected chi connectivity index (χ2v) is 8.15. The molecule has 2 unspecified atom stereocenters. The molecule has 0 bridgehead atoms. The third kappa shape index (κ3) is 2.43. The van der Waals surface area contributed by atoms with Gasteiger partial charge in [0.1, 0.15) is 14.0 Å². The topological polar surface area (TPSA) is 38.3 Å². The largest absolute Gasteiger partial charge is 0.651 e. The van der Waals surface area contributed by atoms with Gasteiger partial charge < -0.3 is 4.89 Å². The fourth-order valence-corrected chi connectivity index (χ4v) is 6.05. The van der Waals surface area contributed by atoms with Crippen molar-refractivity contribution in [1.82, 2.24) is 9.76 Å². The highest BCUT2D eigenvalue weighted by atomic mass is 35.5. The van der Waals surface area contributed by atoms with E-state index in [1.807, 2.05) is 24.3 Å². The molecule has 0 aliphatic carbocycles. The second-order valence-electron chi connectivity index (χ2n) is 5.16. The first kappa shape index (κ1) is 12.8. The van der Waals surface area contributed by atoms with Gasteiger partial charge in [0.25, 0.3) is 0 Å². The summed E-state index contributed by atoms with van der Waals surface area (Å²) in [5.41, 5.74) is 1.06. The van der Waals surface area contributed by atoms with Crippen molar-refractivity contribution in [3.63, 3.8) is 0 Å². The predicted molar refractivity (Wildman–Crippen MR) is 74.4 cm³/mol. The van der Waals surface area contributed by atoms with Gasteiger partial charge in [0, 0.05) is 11.6 Å². The molecule has 1 N–H and O–H groups in total. The Kier molecular flexibility index (Phi) is 3.61. The Bertz CT molecular complexity index is 445. The van der Waals surface area contributed by atoms with Crippen LogP contribution in [0.3, 0.4) is 0 Å². The molecular weight excluding hydrogens is 267 g/mol. The molecule has 2 aliphatic heterocycles. The molecule has 3 rings (SSSR count). The zero-order valence-corrected chi connectivity index (χ0v) is 12.0. The van der Waals surface area contributed by atoms with Crippen molar-refractivity contribution in [1.29, 1.82) is 0 Å². The average molecular weight is 285 g/mol. The van der Waals surface area contributed by atoms with Crippen LogP contribution in [0.1, 0.15) is 24.8 Å². The molecule has 5 heteroatoms. The Morgan fingerprint density at radius 1 is 1.44 bits per heavy atom. The summed E-state index contributed by atoms with van der Waals surface area (Å²) in [6.07, 6.45) is 4.19. The number of rotatable bonds is 2. The number of fused-ring (bicyclic) bond motifs is 1. The van der Waals surface area contributed by atoms with Crippen LogP contribution in [0.25, 0.3) is 0 Å². The second kappa shape index (κ2) is 5.07. The lowest BCUT2D eigenvalue weighted by atomic mass is 10.1. The number of halogens is 1. The zero-order chi connectivity index (χ0) is 12.6. The van der Waals surface area contributed by atoms with Crippen molar-refractivity contribution < 1.29 is 4.89 Å². The van der Waals surface area contributed by atoms with E-state index >= 15 is 0 Å².